The fourth-order valence-electron chi connectivity index (χ4n) is 5.75. The predicted molar refractivity (Wildman–Crippen MR) is 178 cm³/mol. The molecule has 0 amide bonds. The van der Waals surface area contributed by atoms with Crippen LogP contribution < -0.4 is 14.2 Å². The fraction of sp³-hybridized carbons (Fsp3) is 0.351. The lowest BCUT2D eigenvalue weighted by Crippen LogP contribution is -2.25. The molecule has 0 bridgehead atoms. The van der Waals surface area contributed by atoms with E-state index in [1.807, 2.05) is 24.3 Å². The Labute approximate surface area is 276 Å². The molecule has 1 aliphatic heterocycles. The molecule has 0 unspecified atom stereocenters. The van der Waals surface area contributed by atoms with Crippen molar-refractivity contribution in [2.45, 2.75) is 52.6 Å². The summed E-state index contributed by atoms with van der Waals surface area (Å²) in [6.45, 7) is 8.17. The van der Waals surface area contributed by atoms with Gasteiger partial charge in [0.05, 0.1) is 29.9 Å². The number of aliphatic hydroxyl groups is 1. The van der Waals surface area contributed by atoms with Crippen LogP contribution in [-0.4, -0.2) is 54.4 Å². The summed E-state index contributed by atoms with van der Waals surface area (Å²) in [7, 11) is 1.79. The molecule has 1 aromatic heterocycles. The molecular weight excluding hydrogens is 602 g/mol. The zero-order chi connectivity index (χ0) is 32.5. The summed E-state index contributed by atoms with van der Waals surface area (Å²) < 4.78 is 23.9. The van der Waals surface area contributed by atoms with Crippen molar-refractivity contribution in [1.29, 1.82) is 5.26 Å². The van der Waals surface area contributed by atoms with E-state index in [-0.39, 0.29) is 13.2 Å². The maximum absolute atomic E-state index is 9.91. The summed E-state index contributed by atoms with van der Waals surface area (Å²) in [5.41, 5.74) is 7.19. The Kier molecular flexibility index (Phi) is 11.5. The van der Waals surface area contributed by atoms with Crippen LogP contribution in [0.5, 0.6) is 17.2 Å². The smallest absolute Gasteiger partial charge is 0.142 e. The number of pyridine rings is 1. The molecule has 46 heavy (non-hydrogen) atoms. The highest BCUT2D eigenvalue weighted by Crippen LogP contribution is 2.36. The van der Waals surface area contributed by atoms with Gasteiger partial charge in [-0.3, -0.25) is 4.98 Å². The van der Waals surface area contributed by atoms with Gasteiger partial charge >= 0.3 is 0 Å². The monoisotopic (exact) mass is 641 g/mol. The number of benzene rings is 3. The lowest BCUT2D eigenvalue weighted by molar-refractivity contribution is 0.107. The van der Waals surface area contributed by atoms with Crippen molar-refractivity contribution in [3.63, 3.8) is 0 Å². The number of likely N-dealkylation sites (tertiary alicyclic amines) is 1. The summed E-state index contributed by atoms with van der Waals surface area (Å²) in [4.78, 5) is 6.52. The third kappa shape index (κ3) is 8.17. The van der Waals surface area contributed by atoms with Gasteiger partial charge in [0.1, 0.15) is 36.5 Å². The van der Waals surface area contributed by atoms with E-state index in [0.717, 1.165) is 71.6 Å². The van der Waals surface area contributed by atoms with E-state index >= 15 is 0 Å². The van der Waals surface area contributed by atoms with Crippen molar-refractivity contribution < 1.29 is 24.1 Å². The molecule has 0 spiro atoms. The highest BCUT2D eigenvalue weighted by molar-refractivity contribution is 6.32. The molecule has 8 nitrogen and oxygen atoms in total. The molecule has 0 saturated carbocycles. The minimum atomic E-state index is -0.248. The molecule has 5 rings (SSSR count). The minimum absolute atomic E-state index is 0.174. The number of nitrogens with zero attached hydrogens (tertiary/aromatic N) is 3. The zero-order valence-corrected chi connectivity index (χ0v) is 27.3. The first-order valence-electron chi connectivity index (χ1n) is 15.5. The van der Waals surface area contributed by atoms with Gasteiger partial charge in [-0.15, -0.1) is 0 Å². The molecule has 9 heteroatoms. The minimum Gasteiger partial charge on any atom is -0.493 e. The van der Waals surface area contributed by atoms with Gasteiger partial charge in [0.2, 0.25) is 0 Å². The largest absolute Gasteiger partial charge is 0.493 e. The number of aromatic nitrogens is 1. The Balaban J connectivity index is 1.25. The molecule has 1 saturated heterocycles. The van der Waals surface area contributed by atoms with Crippen LogP contribution in [0.4, 0.5) is 0 Å². The van der Waals surface area contributed by atoms with Gasteiger partial charge in [0, 0.05) is 56.3 Å². The maximum Gasteiger partial charge on any atom is 0.142 e. The zero-order valence-electron chi connectivity index (χ0n) is 26.6. The van der Waals surface area contributed by atoms with Crippen LogP contribution in [0, 0.1) is 25.2 Å². The number of halogens is 1. The van der Waals surface area contributed by atoms with E-state index in [1.54, 1.807) is 31.5 Å². The first kappa shape index (κ1) is 33.2. The van der Waals surface area contributed by atoms with Crippen LogP contribution in [0.2, 0.25) is 5.02 Å². The summed E-state index contributed by atoms with van der Waals surface area (Å²) in [5.74, 6) is 1.79. The second kappa shape index (κ2) is 15.9. The van der Waals surface area contributed by atoms with Gasteiger partial charge in [0.25, 0.3) is 0 Å². The molecule has 4 aromatic rings. The van der Waals surface area contributed by atoms with E-state index in [1.165, 1.54) is 6.20 Å². The number of nitriles is 1. The Morgan fingerprint density at radius 3 is 2.48 bits per heavy atom. The molecule has 240 valence electrons. The molecule has 0 aliphatic carbocycles. The average molecular weight is 642 g/mol. The first-order chi connectivity index (χ1) is 22.4. The Bertz CT molecular complexity index is 1690. The van der Waals surface area contributed by atoms with E-state index in [0.29, 0.717) is 47.0 Å². The summed E-state index contributed by atoms with van der Waals surface area (Å²) >= 11 is 6.55. The van der Waals surface area contributed by atoms with Crippen LogP contribution in [0.15, 0.2) is 67.0 Å². The first-order valence-corrected chi connectivity index (χ1v) is 15.9. The molecule has 3 aromatic carbocycles. The number of ether oxygens (including phenoxy) is 4. The third-order valence-electron chi connectivity index (χ3n) is 8.45. The number of hydrogen-bond acceptors (Lipinski definition) is 8. The van der Waals surface area contributed by atoms with E-state index < -0.39 is 0 Å². The second-order valence-electron chi connectivity index (χ2n) is 11.5. The van der Waals surface area contributed by atoms with Crippen LogP contribution in [0.1, 0.15) is 46.2 Å². The second-order valence-corrected chi connectivity index (χ2v) is 11.9. The molecular formula is C37H40ClN3O5. The molecule has 2 heterocycles. The van der Waals surface area contributed by atoms with Crippen molar-refractivity contribution in [3.8, 4) is 34.4 Å². The topological polar surface area (TPSA) is 97.1 Å². The molecule has 0 radical (unpaired) electrons. The molecule has 1 N–H and O–H groups in total. The number of rotatable bonds is 14. The normalized spacial score (nSPS) is 14.7. The van der Waals surface area contributed by atoms with E-state index in [2.05, 4.69) is 41.9 Å². The quantitative estimate of drug-likeness (QED) is 0.147. The molecule has 1 atom stereocenters. The van der Waals surface area contributed by atoms with E-state index in [9.17, 15) is 5.11 Å². The Morgan fingerprint density at radius 2 is 1.72 bits per heavy atom. The Hall–Kier alpha value is -4.13. The average Bonchev–Trinajstić information content (AvgIpc) is 3.55. The summed E-state index contributed by atoms with van der Waals surface area (Å²) in [6, 6.07) is 19.5. The SMILES string of the molecule is CO[C@@H]1CCN(CCCOc2cccc(-c3cccc(COc4cc(OCc5cncc(C#N)c5)c(CO)cc4Cl)c3C)c2C)C1. The number of hydrogen-bond donors (Lipinski definition) is 1. The van der Waals surface area contributed by atoms with Gasteiger partial charge in [-0.05, 0) is 72.7 Å². The van der Waals surface area contributed by atoms with Gasteiger partial charge in [-0.1, -0.05) is 41.9 Å². The van der Waals surface area contributed by atoms with Crippen LogP contribution >= 0.6 is 11.6 Å². The van der Waals surface area contributed by atoms with Gasteiger partial charge in [0.15, 0.2) is 0 Å². The fourth-order valence-corrected chi connectivity index (χ4v) is 5.99. The van der Waals surface area contributed by atoms with Crippen LogP contribution in [0.25, 0.3) is 11.1 Å². The van der Waals surface area contributed by atoms with E-state index in [4.69, 9.17) is 35.8 Å². The van der Waals surface area contributed by atoms with Crippen molar-refractivity contribution in [1.82, 2.24) is 9.88 Å². The van der Waals surface area contributed by atoms with Crippen molar-refractivity contribution in [3.05, 3.63) is 105 Å². The maximum atomic E-state index is 9.91. The highest BCUT2D eigenvalue weighted by atomic mass is 35.5. The highest BCUT2D eigenvalue weighted by Gasteiger charge is 2.21. The van der Waals surface area contributed by atoms with Crippen molar-refractivity contribution in [2.75, 3.05) is 33.4 Å². The van der Waals surface area contributed by atoms with Crippen molar-refractivity contribution >= 4 is 11.6 Å². The van der Waals surface area contributed by atoms with Crippen molar-refractivity contribution in [2.24, 2.45) is 0 Å². The van der Waals surface area contributed by atoms with Gasteiger partial charge in [-0.2, -0.15) is 5.26 Å². The number of aliphatic hydroxyl groups excluding tert-OH is 1. The van der Waals surface area contributed by atoms with Crippen LogP contribution in [0.3, 0.4) is 0 Å². The lowest BCUT2D eigenvalue weighted by atomic mass is 9.93. The summed E-state index contributed by atoms with van der Waals surface area (Å²) in [5, 5.41) is 19.4. The molecule has 1 aliphatic rings. The van der Waals surface area contributed by atoms with Gasteiger partial charge < -0.3 is 29.0 Å². The van der Waals surface area contributed by atoms with Gasteiger partial charge in [-0.25, -0.2) is 0 Å². The third-order valence-corrected chi connectivity index (χ3v) is 8.74. The predicted octanol–water partition coefficient (Wildman–Crippen LogP) is 7.03. The Morgan fingerprint density at radius 1 is 0.935 bits per heavy atom. The number of methoxy groups -OCH3 is 1. The van der Waals surface area contributed by atoms with Crippen LogP contribution in [-0.2, 0) is 24.6 Å². The lowest BCUT2D eigenvalue weighted by Gasteiger charge is -2.18. The summed E-state index contributed by atoms with van der Waals surface area (Å²) in [6.07, 6.45) is 5.54. The standard InChI is InChI=1S/C37H40ClN3O5/c1-25-29(24-46-37-17-36(30(22-42)16-34(37)38)45-23-28-15-27(18-39)19-40-20-28)7-4-8-32(25)33-9-5-10-35(26(33)2)44-14-6-12-41-13-11-31(21-41)43-3/h4-5,7-10,15-17,19-20,31,42H,6,11-14,21-24H2,1-3H3/t31-/m1/s1. The molecule has 1 fully saturated rings.